The normalized spacial score (nSPS) is 36.9. The van der Waals surface area contributed by atoms with Gasteiger partial charge in [0.25, 0.3) is 0 Å². The molecule has 0 spiro atoms. The lowest BCUT2D eigenvalue weighted by Gasteiger charge is -2.49. The van der Waals surface area contributed by atoms with Crippen LogP contribution in [-0.4, -0.2) is 44.5 Å². The van der Waals surface area contributed by atoms with Gasteiger partial charge in [0, 0.05) is 24.4 Å². The van der Waals surface area contributed by atoms with Crippen LogP contribution in [0.25, 0.3) is 0 Å². The molecular weight excluding hydrogens is 443 g/mol. The van der Waals surface area contributed by atoms with Gasteiger partial charge >= 0.3 is 0 Å². The van der Waals surface area contributed by atoms with Crippen molar-refractivity contribution >= 4 is 22.6 Å². The van der Waals surface area contributed by atoms with E-state index in [0.29, 0.717) is 12.1 Å². The Kier molecular flexibility index (Phi) is 4.60. The lowest BCUT2D eigenvalue weighted by atomic mass is 10.0. The van der Waals surface area contributed by atoms with Crippen molar-refractivity contribution in [3.8, 4) is 0 Å². The summed E-state index contributed by atoms with van der Waals surface area (Å²) in [6.45, 7) is 6.27. The summed E-state index contributed by atoms with van der Waals surface area (Å²) < 4.78 is 2.63. The number of likely N-dealkylation sites (tertiary alicyclic amines) is 1. The third-order valence-corrected chi connectivity index (χ3v) is 9.03. The van der Waals surface area contributed by atoms with Crippen molar-refractivity contribution in [2.75, 3.05) is 11.0 Å². The molecule has 2 unspecified atom stereocenters. The summed E-state index contributed by atoms with van der Waals surface area (Å²) in [5.41, 5.74) is 3.01. The third-order valence-electron chi connectivity index (χ3n) is 8.01. The molecule has 142 valence electrons. The molecule has 2 nitrogen and oxygen atoms in total. The van der Waals surface area contributed by atoms with E-state index in [1.54, 1.807) is 0 Å². The fourth-order valence-corrected chi connectivity index (χ4v) is 7.95. The Morgan fingerprint density at radius 2 is 1.59 bits per heavy atom. The molecule has 0 amide bonds. The first kappa shape index (κ1) is 18.1. The summed E-state index contributed by atoms with van der Waals surface area (Å²) in [5, 5.41) is 0. The topological polar surface area (TPSA) is 3.24 Å². The number of hydrogen-bond donors (Lipinski definition) is 0. The van der Waals surface area contributed by atoms with Crippen LogP contribution in [-0.2, 0) is 0 Å². The first-order chi connectivity index (χ1) is 13.2. The zero-order valence-corrected chi connectivity index (χ0v) is 18.5. The molecule has 5 rings (SSSR count). The highest BCUT2D eigenvalue weighted by Gasteiger charge is 2.69. The fraction of sp³-hybridized carbons (Fsp3) is 0.500. The van der Waals surface area contributed by atoms with E-state index in [4.69, 9.17) is 0 Å². The van der Waals surface area contributed by atoms with Gasteiger partial charge in [-0.25, -0.2) is 0 Å². The first-order valence-electron chi connectivity index (χ1n) is 10.5. The highest BCUT2D eigenvalue weighted by atomic mass is 127. The first-order valence-corrected chi connectivity index (χ1v) is 12.0. The van der Waals surface area contributed by atoms with Crippen LogP contribution in [0.4, 0.5) is 0 Å². The predicted octanol–water partition coefficient (Wildman–Crippen LogP) is 5.36. The molecule has 0 N–H and O–H groups in total. The van der Waals surface area contributed by atoms with Crippen molar-refractivity contribution in [2.45, 2.75) is 62.9 Å². The molecular formula is C24H30IN2+. The minimum absolute atomic E-state index is 0.536. The SMILES string of the molecule is C[C@@H](c1ccccc1)N1C2C[C@H](CI)[N+]3([C@@H](C)c4ccccc4)C[C@H]1C[C@@H]23. The molecule has 2 aromatic carbocycles. The Morgan fingerprint density at radius 1 is 0.963 bits per heavy atom. The molecule has 3 aliphatic heterocycles. The second kappa shape index (κ2) is 6.85. The minimum Gasteiger partial charge on any atom is -0.309 e. The van der Waals surface area contributed by atoms with Gasteiger partial charge in [0.15, 0.2) is 0 Å². The minimum atomic E-state index is 0.536. The second-order valence-electron chi connectivity index (χ2n) is 8.87. The second-order valence-corrected chi connectivity index (χ2v) is 9.75. The lowest BCUT2D eigenvalue weighted by Crippen LogP contribution is -2.61. The van der Waals surface area contributed by atoms with Gasteiger partial charge < -0.3 is 4.48 Å². The Balaban J connectivity index is 1.49. The Bertz CT molecular complexity index is 795. The van der Waals surface area contributed by atoms with Crippen LogP contribution in [0.5, 0.6) is 0 Å². The highest BCUT2D eigenvalue weighted by molar-refractivity contribution is 14.1. The monoisotopic (exact) mass is 473 g/mol. The van der Waals surface area contributed by atoms with Gasteiger partial charge in [-0.2, -0.15) is 0 Å². The van der Waals surface area contributed by atoms with E-state index in [1.165, 1.54) is 39.4 Å². The van der Waals surface area contributed by atoms with E-state index >= 15 is 0 Å². The number of halogens is 1. The van der Waals surface area contributed by atoms with E-state index in [0.717, 1.165) is 24.2 Å². The summed E-state index contributed by atoms with van der Waals surface area (Å²) in [7, 11) is 0. The van der Waals surface area contributed by atoms with E-state index in [2.05, 4.69) is 102 Å². The van der Waals surface area contributed by atoms with Gasteiger partial charge in [-0.3, -0.25) is 4.90 Å². The van der Waals surface area contributed by atoms with Gasteiger partial charge in [0.2, 0.25) is 0 Å². The van der Waals surface area contributed by atoms with Crippen molar-refractivity contribution in [2.24, 2.45) is 0 Å². The summed E-state index contributed by atoms with van der Waals surface area (Å²) >= 11 is 2.66. The summed E-state index contributed by atoms with van der Waals surface area (Å²) in [5.74, 6) is 0. The number of quaternary nitrogens is 1. The van der Waals surface area contributed by atoms with Crippen molar-refractivity contribution in [1.82, 2.24) is 4.90 Å². The number of benzene rings is 2. The van der Waals surface area contributed by atoms with Gasteiger partial charge in [0.1, 0.15) is 18.1 Å². The number of rotatable bonds is 5. The molecule has 0 aliphatic carbocycles. The average molecular weight is 473 g/mol. The van der Waals surface area contributed by atoms with Crippen LogP contribution in [0, 0.1) is 0 Å². The van der Waals surface area contributed by atoms with E-state index in [9.17, 15) is 0 Å². The number of piperazine rings is 1. The maximum Gasteiger partial charge on any atom is 0.112 e. The van der Waals surface area contributed by atoms with Crippen LogP contribution in [0.1, 0.15) is 49.9 Å². The third kappa shape index (κ3) is 2.57. The largest absolute Gasteiger partial charge is 0.309 e. The molecule has 3 aliphatic rings. The predicted molar refractivity (Wildman–Crippen MR) is 120 cm³/mol. The number of hydrogen-bond acceptors (Lipinski definition) is 1. The fourth-order valence-electron chi connectivity index (χ4n) is 6.86. The Morgan fingerprint density at radius 3 is 2.22 bits per heavy atom. The summed E-state index contributed by atoms with van der Waals surface area (Å²) in [6.07, 6.45) is 2.77. The number of alkyl halides is 1. The molecule has 3 saturated heterocycles. The van der Waals surface area contributed by atoms with Gasteiger partial charge in [-0.15, -0.1) is 0 Å². The molecule has 27 heavy (non-hydrogen) atoms. The van der Waals surface area contributed by atoms with Crippen LogP contribution in [0.2, 0.25) is 0 Å². The molecule has 2 aromatic rings. The van der Waals surface area contributed by atoms with Crippen molar-refractivity contribution in [3.63, 3.8) is 0 Å². The van der Waals surface area contributed by atoms with Gasteiger partial charge in [0.05, 0.1) is 23.1 Å². The molecule has 3 heteroatoms. The maximum absolute atomic E-state index is 2.90. The quantitative estimate of drug-likeness (QED) is 0.321. The van der Waals surface area contributed by atoms with E-state index < -0.39 is 0 Å². The smallest absolute Gasteiger partial charge is 0.112 e. The van der Waals surface area contributed by atoms with Crippen LogP contribution in [0.15, 0.2) is 60.7 Å². The molecule has 3 heterocycles. The van der Waals surface area contributed by atoms with E-state index in [-0.39, 0.29) is 0 Å². The molecule has 2 bridgehead atoms. The molecule has 0 aromatic heterocycles. The molecule has 0 radical (unpaired) electrons. The zero-order chi connectivity index (χ0) is 18.6. The Labute approximate surface area is 177 Å². The van der Waals surface area contributed by atoms with Crippen LogP contribution in [0.3, 0.4) is 0 Å². The number of nitrogens with zero attached hydrogens (tertiary/aromatic N) is 2. The Hall–Kier alpha value is -0.910. The maximum atomic E-state index is 2.90. The lowest BCUT2D eigenvalue weighted by molar-refractivity contribution is -0.977. The zero-order valence-electron chi connectivity index (χ0n) is 16.3. The standard InChI is InChI=1S/C24H30IN2/c1-17(19-9-5-3-6-10-19)26-21-13-24-23(26)14-22(15-25)27(24,16-21)18(2)20-11-7-4-8-12-20/h3-12,17-18,21-24H,13-16H2,1-2H3/q+1/t17-,18-,21+,22+,23?,24-,27?/m0/s1. The van der Waals surface area contributed by atoms with Crippen molar-refractivity contribution < 1.29 is 4.48 Å². The highest BCUT2D eigenvalue weighted by Crippen LogP contribution is 2.57. The van der Waals surface area contributed by atoms with Crippen molar-refractivity contribution in [1.29, 1.82) is 0 Å². The van der Waals surface area contributed by atoms with Gasteiger partial charge in [-0.05, 0) is 19.4 Å². The molecule has 3 fully saturated rings. The summed E-state index contributed by atoms with van der Waals surface area (Å²) in [4.78, 5) is 2.90. The summed E-state index contributed by atoms with van der Waals surface area (Å²) in [6, 6.07) is 26.7. The number of fused-ring (bicyclic) bond motifs is 1. The molecule has 0 saturated carbocycles. The van der Waals surface area contributed by atoms with E-state index in [1.807, 2.05) is 0 Å². The van der Waals surface area contributed by atoms with Crippen LogP contribution >= 0.6 is 22.6 Å². The average Bonchev–Trinajstić information content (AvgIpc) is 3.33. The molecule has 7 atom stereocenters. The van der Waals surface area contributed by atoms with Crippen molar-refractivity contribution in [3.05, 3.63) is 71.8 Å². The van der Waals surface area contributed by atoms with Crippen LogP contribution < -0.4 is 0 Å². The van der Waals surface area contributed by atoms with Gasteiger partial charge in [-0.1, -0.05) is 83.3 Å².